The zero-order valence-corrected chi connectivity index (χ0v) is 12.6. The zero-order valence-electron chi connectivity index (χ0n) is 11.8. The van der Waals surface area contributed by atoms with E-state index < -0.39 is 11.0 Å². The van der Waals surface area contributed by atoms with Crippen LogP contribution in [-0.4, -0.2) is 28.9 Å². The SMILES string of the molecule is CSCC[C@H](N)C(=O)Nc1cc([N+](=O)[O-])c(C)cc1C. The molecule has 0 bridgehead atoms. The fourth-order valence-corrected chi connectivity index (χ4v) is 2.26. The lowest BCUT2D eigenvalue weighted by atomic mass is 10.1. The standard InChI is InChI=1S/C13H19N3O3S/c1-8-6-9(2)12(16(18)19)7-11(8)15-13(17)10(14)4-5-20-3/h6-7,10H,4-5,14H2,1-3H3,(H,15,17)/t10-/m0/s1. The molecule has 0 aliphatic heterocycles. The summed E-state index contributed by atoms with van der Waals surface area (Å²) >= 11 is 1.62. The van der Waals surface area contributed by atoms with E-state index in [0.717, 1.165) is 11.3 Å². The summed E-state index contributed by atoms with van der Waals surface area (Å²) in [6.07, 6.45) is 2.51. The minimum absolute atomic E-state index is 0.0106. The lowest BCUT2D eigenvalue weighted by Gasteiger charge is -2.13. The van der Waals surface area contributed by atoms with Gasteiger partial charge in [0.15, 0.2) is 0 Å². The van der Waals surface area contributed by atoms with Gasteiger partial charge in [0.05, 0.1) is 16.7 Å². The lowest BCUT2D eigenvalue weighted by Crippen LogP contribution is -2.36. The quantitative estimate of drug-likeness (QED) is 0.619. The van der Waals surface area contributed by atoms with Gasteiger partial charge in [-0.05, 0) is 43.9 Å². The second-order valence-electron chi connectivity index (χ2n) is 4.59. The van der Waals surface area contributed by atoms with E-state index in [9.17, 15) is 14.9 Å². The fraction of sp³-hybridized carbons (Fsp3) is 0.462. The molecular weight excluding hydrogens is 278 g/mol. The number of hydrogen-bond acceptors (Lipinski definition) is 5. The summed E-state index contributed by atoms with van der Waals surface area (Å²) in [6, 6.07) is 2.45. The largest absolute Gasteiger partial charge is 0.324 e. The van der Waals surface area contributed by atoms with Crippen LogP contribution in [-0.2, 0) is 4.79 Å². The molecule has 20 heavy (non-hydrogen) atoms. The number of rotatable bonds is 6. The average Bonchev–Trinajstić information content (AvgIpc) is 2.38. The lowest BCUT2D eigenvalue weighted by molar-refractivity contribution is -0.385. The van der Waals surface area contributed by atoms with Crippen LogP contribution in [0.15, 0.2) is 12.1 Å². The van der Waals surface area contributed by atoms with Gasteiger partial charge >= 0.3 is 0 Å². The molecule has 1 aromatic rings. The summed E-state index contributed by atoms with van der Waals surface area (Å²) in [6.45, 7) is 3.46. The maximum atomic E-state index is 11.9. The van der Waals surface area contributed by atoms with Gasteiger partial charge in [0.1, 0.15) is 0 Å². The second kappa shape index (κ2) is 7.25. The second-order valence-corrected chi connectivity index (χ2v) is 5.57. The van der Waals surface area contributed by atoms with Crippen molar-refractivity contribution < 1.29 is 9.72 Å². The van der Waals surface area contributed by atoms with Crippen LogP contribution in [0.1, 0.15) is 17.5 Å². The van der Waals surface area contributed by atoms with Crippen LogP contribution in [0, 0.1) is 24.0 Å². The van der Waals surface area contributed by atoms with Crippen molar-refractivity contribution in [2.45, 2.75) is 26.3 Å². The number of aryl methyl sites for hydroxylation is 2. The highest BCUT2D eigenvalue weighted by molar-refractivity contribution is 7.98. The molecule has 0 aliphatic carbocycles. The van der Waals surface area contributed by atoms with Crippen LogP contribution in [0.25, 0.3) is 0 Å². The minimum Gasteiger partial charge on any atom is -0.324 e. The summed E-state index contributed by atoms with van der Waals surface area (Å²) in [5.74, 6) is 0.474. The Morgan fingerprint density at radius 1 is 1.45 bits per heavy atom. The predicted octanol–water partition coefficient (Wildman–Crippen LogP) is 2.23. The van der Waals surface area contributed by atoms with Gasteiger partial charge in [-0.2, -0.15) is 11.8 Å². The molecule has 1 amide bonds. The molecule has 1 rings (SSSR count). The molecule has 0 aromatic heterocycles. The molecule has 1 aromatic carbocycles. The van der Waals surface area contributed by atoms with Gasteiger partial charge in [-0.25, -0.2) is 0 Å². The summed E-state index contributed by atoms with van der Waals surface area (Å²) in [7, 11) is 0. The molecule has 6 nitrogen and oxygen atoms in total. The average molecular weight is 297 g/mol. The molecule has 0 saturated carbocycles. The van der Waals surface area contributed by atoms with Crippen LogP contribution in [0.4, 0.5) is 11.4 Å². The monoisotopic (exact) mass is 297 g/mol. The maximum Gasteiger partial charge on any atom is 0.274 e. The smallest absolute Gasteiger partial charge is 0.274 e. The molecule has 0 saturated heterocycles. The van der Waals surface area contributed by atoms with Crippen molar-refractivity contribution in [3.63, 3.8) is 0 Å². The van der Waals surface area contributed by atoms with Crippen molar-refractivity contribution in [1.29, 1.82) is 0 Å². The van der Waals surface area contributed by atoms with Gasteiger partial charge in [0, 0.05) is 11.6 Å². The van der Waals surface area contributed by atoms with Gasteiger partial charge in [-0.15, -0.1) is 0 Å². The van der Waals surface area contributed by atoms with E-state index in [1.165, 1.54) is 6.07 Å². The van der Waals surface area contributed by atoms with E-state index in [1.54, 1.807) is 31.7 Å². The van der Waals surface area contributed by atoms with Crippen molar-refractivity contribution in [1.82, 2.24) is 0 Å². The van der Waals surface area contributed by atoms with Crippen LogP contribution in [0.2, 0.25) is 0 Å². The maximum absolute atomic E-state index is 11.9. The molecule has 110 valence electrons. The Morgan fingerprint density at radius 2 is 2.10 bits per heavy atom. The Labute approximate surface area is 122 Å². The number of carbonyl (C=O) groups is 1. The molecule has 0 unspecified atom stereocenters. The number of nitrogens with one attached hydrogen (secondary N) is 1. The first-order valence-corrected chi connectivity index (χ1v) is 7.57. The minimum atomic E-state index is -0.609. The normalized spacial score (nSPS) is 12.0. The molecular formula is C13H19N3O3S. The third kappa shape index (κ3) is 4.21. The number of nitro benzene ring substituents is 1. The number of nitrogens with zero attached hydrogens (tertiary/aromatic N) is 1. The summed E-state index contributed by atoms with van der Waals surface area (Å²) in [5, 5.41) is 13.6. The molecule has 0 fully saturated rings. The van der Waals surface area contributed by atoms with Gasteiger partial charge in [0.25, 0.3) is 5.69 Å². The van der Waals surface area contributed by atoms with Crippen LogP contribution < -0.4 is 11.1 Å². The summed E-state index contributed by atoms with van der Waals surface area (Å²) < 4.78 is 0. The molecule has 3 N–H and O–H groups in total. The summed E-state index contributed by atoms with van der Waals surface area (Å²) in [4.78, 5) is 22.4. The first-order chi connectivity index (χ1) is 9.36. The number of benzene rings is 1. The topological polar surface area (TPSA) is 98.3 Å². The number of nitro groups is 1. The Morgan fingerprint density at radius 3 is 2.65 bits per heavy atom. The zero-order chi connectivity index (χ0) is 15.3. The first-order valence-electron chi connectivity index (χ1n) is 6.17. The third-order valence-electron chi connectivity index (χ3n) is 2.97. The van der Waals surface area contributed by atoms with Crippen molar-refractivity contribution in [3.05, 3.63) is 33.4 Å². The van der Waals surface area contributed by atoms with E-state index >= 15 is 0 Å². The summed E-state index contributed by atoms with van der Waals surface area (Å²) in [5.41, 5.74) is 7.54. The van der Waals surface area contributed by atoms with Crippen molar-refractivity contribution >= 4 is 29.0 Å². The molecule has 0 aliphatic rings. The number of thioether (sulfide) groups is 1. The Kier molecular flexibility index (Phi) is 5.97. The number of anilines is 1. The Balaban J connectivity index is 2.89. The van der Waals surface area contributed by atoms with Crippen molar-refractivity contribution in [2.24, 2.45) is 5.73 Å². The van der Waals surface area contributed by atoms with Crippen LogP contribution >= 0.6 is 11.8 Å². The van der Waals surface area contributed by atoms with Gasteiger partial charge < -0.3 is 11.1 Å². The van der Waals surface area contributed by atoms with E-state index in [2.05, 4.69) is 5.32 Å². The van der Waals surface area contributed by atoms with E-state index in [4.69, 9.17) is 5.73 Å². The predicted molar refractivity (Wildman–Crippen MR) is 82.2 cm³/mol. The van der Waals surface area contributed by atoms with E-state index in [-0.39, 0.29) is 11.6 Å². The highest BCUT2D eigenvalue weighted by Crippen LogP contribution is 2.26. The van der Waals surface area contributed by atoms with Gasteiger partial charge in [0.2, 0.25) is 5.91 Å². The van der Waals surface area contributed by atoms with Crippen molar-refractivity contribution in [2.75, 3.05) is 17.3 Å². The van der Waals surface area contributed by atoms with E-state index in [0.29, 0.717) is 17.7 Å². The number of hydrogen-bond donors (Lipinski definition) is 2. The fourth-order valence-electron chi connectivity index (χ4n) is 1.77. The molecule has 0 radical (unpaired) electrons. The van der Waals surface area contributed by atoms with Crippen LogP contribution in [0.5, 0.6) is 0 Å². The Hall–Kier alpha value is -1.60. The third-order valence-corrected chi connectivity index (χ3v) is 3.61. The number of nitrogens with two attached hydrogens (primary N) is 1. The first kappa shape index (κ1) is 16.5. The van der Waals surface area contributed by atoms with E-state index in [1.807, 2.05) is 6.26 Å². The molecule has 7 heteroatoms. The number of amides is 1. The molecule has 1 atom stereocenters. The van der Waals surface area contributed by atoms with Crippen LogP contribution in [0.3, 0.4) is 0 Å². The number of carbonyl (C=O) groups excluding carboxylic acids is 1. The van der Waals surface area contributed by atoms with Gasteiger partial charge in [-0.1, -0.05) is 0 Å². The highest BCUT2D eigenvalue weighted by atomic mass is 32.2. The van der Waals surface area contributed by atoms with Crippen molar-refractivity contribution in [3.8, 4) is 0 Å². The highest BCUT2D eigenvalue weighted by Gasteiger charge is 2.18. The Bertz CT molecular complexity index is 520. The van der Waals surface area contributed by atoms with Gasteiger partial charge in [-0.3, -0.25) is 14.9 Å². The molecule has 0 heterocycles. The molecule has 0 spiro atoms.